The van der Waals surface area contributed by atoms with Crippen molar-refractivity contribution in [1.82, 2.24) is 15.3 Å². The van der Waals surface area contributed by atoms with E-state index in [0.717, 1.165) is 28.3 Å². The summed E-state index contributed by atoms with van der Waals surface area (Å²) in [6.45, 7) is 6.12. The van der Waals surface area contributed by atoms with Crippen molar-refractivity contribution in [3.8, 4) is 0 Å². The lowest BCUT2D eigenvalue weighted by atomic mass is 10.1. The van der Waals surface area contributed by atoms with Crippen LogP contribution in [0.1, 0.15) is 28.3 Å². The van der Waals surface area contributed by atoms with Crippen LogP contribution in [-0.4, -0.2) is 15.9 Å². The number of carbonyl (C=O) groups excluding carboxylic acids is 1. The highest BCUT2D eigenvalue weighted by molar-refractivity contribution is 5.80. The predicted octanol–water partition coefficient (Wildman–Crippen LogP) is 1.84. The molecule has 1 aromatic carbocycles. The maximum absolute atomic E-state index is 12.0. The third kappa shape index (κ3) is 3.78. The van der Waals surface area contributed by atoms with Gasteiger partial charge in [-0.2, -0.15) is 0 Å². The number of aromatic nitrogens is 2. The van der Waals surface area contributed by atoms with Crippen LogP contribution < -0.4 is 11.1 Å². The molecule has 110 valence electrons. The van der Waals surface area contributed by atoms with Crippen LogP contribution >= 0.6 is 0 Å². The Morgan fingerprint density at radius 2 is 1.76 bits per heavy atom. The quantitative estimate of drug-likeness (QED) is 0.839. The highest BCUT2D eigenvalue weighted by Gasteiger charge is 2.09. The third-order valence-corrected chi connectivity index (χ3v) is 3.44. The van der Waals surface area contributed by atoms with E-state index in [9.17, 15) is 4.79 Å². The molecule has 5 heteroatoms. The Balaban J connectivity index is 1.99. The Hall–Kier alpha value is -2.43. The number of anilines is 1. The molecule has 0 aliphatic heterocycles. The summed E-state index contributed by atoms with van der Waals surface area (Å²) in [6, 6.07) is 7.38. The first-order valence-corrected chi connectivity index (χ1v) is 6.88. The van der Waals surface area contributed by atoms with Crippen LogP contribution in [0.3, 0.4) is 0 Å². The molecule has 0 aliphatic rings. The summed E-state index contributed by atoms with van der Waals surface area (Å²) in [5.74, 6) is -0.0765. The molecule has 1 heterocycles. The van der Waals surface area contributed by atoms with Crippen molar-refractivity contribution < 1.29 is 4.79 Å². The lowest BCUT2D eigenvalue weighted by Crippen LogP contribution is -2.26. The smallest absolute Gasteiger partial charge is 0.224 e. The van der Waals surface area contributed by atoms with Gasteiger partial charge in [0.1, 0.15) is 0 Å². The van der Waals surface area contributed by atoms with E-state index in [4.69, 9.17) is 5.73 Å². The SMILES string of the molecule is Cc1nc(C)c(CNC(=O)Cc2ccccc2N)nc1C. The molecule has 0 saturated heterocycles. The van der Waals surface area contributed by atoms with E-state index in [0.29, 0.717) is 12.2 Å². The summed E-state index contributed by atoms with van der Waals surface area (Å²) in [7, 11) is 0. The molecular formula is C16H20N4O. The molecule has 0 saturated carbocycles. The molecule has 0 fully saturated rings. The topological polar surface area (TPSA) is 80.9 Å². The molecule has 0 aliphatic carbocycles. The van der Waals surface area contributed by atoms with Gasteiger partial charge < -0.3 is 11.1 Å². The van der Waals surface area contributed by atoms with Gasteiger partial charge in [-0.25, -0.2) is 0 Å². The zero-order chi connectivity index (χ0) is 15.4. The van der Waals surface area contributed by atoms with Crippen LogP contribution in [0.2, 0.25) is 0 Å². The summed E-state index contributed by atoms with van der Waals surface area (Å²) in [4.78, 5) is 20.9. The van der Waals surface area contributed by atoms with E-state index in [1.54, 1.807) is 6.07 Å². The number of benzene rings is 1. The van der Waals surface area contributed by atoms with Gasteiger partial charge in [0.2, 0.25) is 5.91 Å². The number of carbonyl (C=O) groups is 1. The number of rotatable bonds is 4. The number of aryl methyl sites for hydroxylation is 3. The molecule has 21 heavy (non-hydrogen) atoms. The molecule has 0 spiro atoms. The monoisotopic (exact) mass is 284 g/mol. The summed E-state index contributed by atoms with van der Waals surface area (Å²) in [5.41, 5.74) is 10.7. The van der Waals surface area contributed by atoms with Crippen molar-refractivity contribution in [3.05, 3.63) is 52.6 Å². The van der Waals surface area contributed by atoms with E-state index in [1.165, 1.54) is 0 Å². The average Bonchev–Trinajstić information content (AvgIpc) is 2.44. The molecule has 0 bridgehead atoms. The van der Waals surface area contributed by atoms with Gasteiger partial charge in [0.15, 0.2) is 0 Å². The fourth-order valence-electron chi connectivity index (χ4n) is 2.04. The van der Waals surface area contributed by atoms with Crippen molar-refractivity contribution in [1.29, 1.82) is 0 Å². The van der Waals surface area contributed by atoms with Gasteiger partial charge in [-0.3, -0.25) is 14.8 Å². The van der Waals surface area contributed by atoms with Gasteiger partial charge in [-0.15, -0.1) is 0 Å². The number of nitrogens with zero attached hydrogens (tertiary/aromatic N) is 2. The zero-order valence-corrected chi connectivity index (χ0v) is 12.6. The van der Waals surface area contributed by atoms with Crippen LogP contribution in [0.5, 0.6) is 0 Å². The van der Waals surface area contributed by atoms with E-state index < -0.39 is 0 Å². The maximum atomic E-state index is 12.0. The Bertz CT molecular complexity index is 667. The molecule has 1 aromatic heterocycles. The van der Waals surface area contributed by atoms with Crippen molar-refractivity contribution >= 4 is 11.6 Å². The Kier molecular flexibility index (Phi) is 4.52. The Morgan fingerprint density at radius 3 is 2.48 bits per heavy atom. The van der Waals surface area contributed by atoms with Gasteiger partial charge in [0, 0.05) is 5.69 Å². The summed E-state index contributed by atoms with van der Waals surface area (Å²) in [5, 5.41) is 2.87. The second-order valence-corrected chi connectivity index (χ2v) is 5.08. The molecule has 2 aromatic rings. The average molecular weight is 284 g/mol. The highest BCUT2D eigenvalue weighted by Crippen LogP contribution is 2.11. The number of hydrogen-bond acceptors (Lipinski definition) is 4. The predicted molar refractivity (Wildman–Crippen MR) is 82.6 cm³/mol. The molecular weight excluding hydrogens is 264 g/mol. The minimum atomic E-state index is -0.0765. The van der Waals surface area contributed by atoms with Crippen molar-refractivity contribution in [2.75, 3.05) is 5.73 Å². The number of nitrogens with two attached hydrogens (primary N) is 1. The molecule has 0 radical (unpaired) electrons. The van der Waals surface area contributed by atoms with Crippen LogP contribution in [0.4, 0.5) is 5.69 Å². The zero-order valence-electron chi connectivity index (χ0n) is 12.6. The first kappa shape index (κ1) is 15.0. The fourth-order valence-corrected chi connectivity index (χ4v) is 2.04. The first-order chi connectivity index (χ1) is 9.97. The normalized spacial score (nSPS) is 10.4. The van der Waals surface area contributed by atoms with Crippen LogP contribution in [0.15, 0.2) is 24.3 Å². The van der Waals surface area contributed by atoms with Crippen LogP contribution in [0, 0.1) is 20.8 Å². The lowest BCUT2D eigenvalue weighted by molar-refractivity contribution is -0.120. The summed E-state index contributed by atoms with van der Waals surface area (Å²) >= 11 is 0. The van der Waals surface area contributed by atoms with Gasteiger partial charge >= 0.3 is 0 Å². The van der Waals surface area contributed by atoms with Gasteiger partial charge in [-0.1, -0.05) is 18.2 Å². The molecule has 5 nitrogen and oxygen atoms in total. The van der Waals surface area contributed by atoms with Gasteiger partial charge in [-0.05, 0) is 32.4 Å². The van der Waals surface area contributed by atoms with Gasteiger partial charge in [0.25, 0.3) is 0 Å². The first-order valence-electron chi connectivity index (χ1n) is 6.88. The van der Waals surface area contributed by atoms with Crippen LogP contribution in [-0.2, 0) is 17.8 Å². The van der Waals surface area contributed by atoms with Crippen molar-refractivity contribution in [2.45, 2.75) is 33.7 Å². The summed E-state index contributed by atoms with van der Waals surface area (Å²) in [6.07, 6.45) is 0.268. The molecule has 3 N–H and O–H groups in total. The van der Waals surface area contributed by atoms with Crippen molar-refractivity contribution in [3.63, 3.8) is 0 Å². The second kappa shape index (κ2) is 6.35. The molecule has 0 unspecified atom stereocenters. The van der Waals surface area contributed by atoms with Crippen LogP contribution in [0.25, 0.3) is 0 Å². The Morgan fingerprint density at radius 1 is 1.10 bits per heavy atom. The number of nitrogens with one attached hydrogen (secondary N) is 1. The molecule has 1 amide bonds. The standard InChI is InChI=1S/C16H20N4O/c1-10-11(2)20-15(12(3)19-10)9-18-16(21)8-13-6-4-5-7-14(13)17/h4-7H,8-9,17H2,1-3H3,(H,18,21). The highest BCUT2D eigenvalue weighted by atomic mass is 16.1. The van der Waals surface area contributed by atoms with Gasteiger partial charge in [0.05, 0.1) is 35.7 Å². The minimum Gasteiger partial charge on any atom is -0.398 e. The molecule has 0 atom stereocenters. The number of hydrogen-bond donors (Lipinski definition) is 2. The minimum absolute atomic E-state index is 0.0765. The van der Waals surface area contributed by atoms with E-state index in [1.807, 2.05) is 39.0 Å². The second-order valence-electron chi connectivity index (χ2n) is 5.08. The summed E-state index contributed by atoms with van der Waals surface area (Å²) < 4.78 is 0. The largest absolute Gasteiger partial charge is 0.398 e. The lowest BCUT2D eigenvalue weighted by Gasteiger charge is -2.10. The number of para-hydroxylation sites is 1. The van der Waals surface area contributed by atoms with E-state index in [2.05, 4.69) is 15.3 Å². The molecule has 2 rings (SSSR count). The van der Waals surface area contributed by atoms with E-state index >= 15 is 0 Å². The number of nitrogen functional groups attached to an aromatic ring is 1. The number of amides is 1. The third-order valence-electron chi connectivity index (χ3n) is 3.44. The van der Waals surface area contributed by atoms with Crippen molar-refractivity contribution in [2.24, 2.45) is 0 Å². The van der Waals surface area contributed by atoms with E-state index in [-0.39, 0.29) is 12.3 Å². The fraction of sp³-hybridized carbons (Fsp3) is 0.312. The Labute approximate surface area is 124 Å². The maximum Gasteiger partial charge on any atom is 0.224 e.